The van der Waals surface area contributed by atoms with Crippen molar-refractivity contribution in [2.75, 3.05) is 0 Å². The zero-order valence-electron chi connectivity index (χ0n) is 30.2. The smallest absolute Gasteiger partial charge is 0.164 e. The van der Waals surface area contributed by atoms with Crippen LogP contribution >= 0.6 is 11.3 Å². The van der Waals surface area contributed by atoms with Crippen molar-refractivity contribution in [3.63, 3.8) is 0 Å². The molecule has 3 aromatic heterocycles. The first-order valence-corrected chi connectivity index (χ1v) is 19.6. The van der Waals surface area contributed by atoms with E-state index in [0.29, 0.717) is 17.5 Å². The Morgan fingerprint density at radius 2 is 0.750 bits per heavy atom. The summed E-state index contributed by atoms with van der Waals surface area (Å²) in [5.41, 5.74) is 11.2. The Hall–Kier alpha value is -7.21. The highest BCUT2D eigenvalue weighted by Gasteiger charge is 2.17. The van der Waals surface area contributed by atoms with Gasteiger partial charge in [0.25, 0.3) is 0 Å². The van der Waals surface area contributed by atoms with Gasteiger partial charge in [0.15, 0.2) is 17.5 Å². The second-order valence-electron chi connectivity index (χ2n) is 14.0. The van der Waals surface area contributed by atoms with Gasteiger partial charge in [-0.15, -0.1) is 11.3 Å². The molecule has 5 heteroatoms. The number of rotatable bonds is 6. The molecule has 11 aromatic rings. The van der Waals surface area contributed by atoms with Gasteiger partial charge in [-0.2, -0.15) is 0 Å². The lowest BCUT2D eigenvalue weighted by atomic mass is 10.0. The average Bonchev–Trinajstić information content (AvgIpc) is 3.82. The van der Waals surface area contributed by atoms with E-state index in [1.807, 2.05) is 47.7 Å². The molecule has 0 amide bonds. The third-order valence-electron chi connectivity index (χ3n) is 10.7. The lowest BCUT2D eigenvalue weighted by Gasteiger charge is -2.14. The summed E-state index contributed by atoms with van der Waals surface area (Å²) in [5.74, 6) is 1.96. The fourth-order valence-corrected chi connectivity index (χ4v) is 9.16. The van der Waals surface area contributed by atoms with Crippen LogP contribution in [0.5, 0.6) is 0 Å². The number of hydrogen-bond donors (Lipinski definition) is 0. The topological polar surface area (TPSA) is 43.6 Å². The predicted octanol–water partition coefficient (Wildman–Crippen LogP) is 13.7. The lowest BCUT2D eigenvalue weighted by Crippen LogP contribution is -2.00. The van der Waals surface area contributed by atoms with Crippen molar-refractivity contribution in [2.45, 2.75) is 0 Å². The van der Waals surface area contributed by atoms with Crippen LogP contribution < -0.4 is 0 Å². The van der Waals surface area contributed by atoms with Gasteiger partial charge in [-0.25, -0.2) is 15.0 Å². The molecule has 0 bridgehead atoms. The molecule has 0 spiro atoms. The molecular formula is C51H32N4S. The molecular weight excluding hydrogens is 701 g/mol. The Balaban J connectivity index is 1.01. The van der Waals surface area contributed by atoms with Gasteiger partial charge in [0.1, 0.15) is 0 Å². The van der Waals surface area contributed by atoms with E-state index < -0.39 is 0 Å². The molecule has 56 heavy (non-hydrogen) atoms. The fraction of sp³-hybridized carbons (Fsp3) is 0. The van der Waals surface area contributed by atoms with Crippen molar-refractivity contribution in [1.29, 1.82) is 0 Å². The number of fused-ring (bicyclic) bond motifs is 6. The molecule has 8 aromatic carbocycles. The number of nitrogens with zero attached hydrogens (tertiary/aromatic N) is 4. The van der Waals surface area contributed by atoms with Crippen molar-refractivity contribution in [1.82, 2.24) is 19.5 Å². The van der Waals surface area contributed by atoms with Crippen LogP contribution in [0.3, 0.4) is 0 Å². The molecule has 3 heterocycles. The van der Waals surface area contributed by atoms with Gasteiger partial charge in [0.05, 0.1) is 16.7 Å². The molecule has 11 rings (SSSR count). The quantitative estimate of drug-likeness (QED) is 0.171. The second kappa shape index (κ2) is 13.3. The maximum Gasteiger partial charge on any atom is 0.164 e. The van der Waals surface area contributed by atoms with Crippen molar-refractivity contribution >= 4 is 53.3 Å². The summed E-state index contributed by atoms with van der Waals surface area (Å²) >= 11 is 1.81. The Labute approximate surface area is 327 Å². The monoisotopic (exact) mass is 732 g/mol. The van der Waals surface area contributed by atoms with Crippen LogP contribution in [0, 0.1) is 0 Å². The molecule has 0 aliphatic heterocycles. The molecule has 0 radical (unpaired) electrons. The van der Waals surface area contributed by atoms with Crippen molar-refractivity contribution < 1.29 is 0 Å². The van der Waals surface area contributed by atoms with Gasteiger partial charge in [-0.05, 0) is 47.0 Å². The number of thiophene rings is 1. The van der Waals surface area contributed by atoms with Crippen LogP contribution in [-0.4, -0.2) is 19.5 Å². The van der Waals surface area contributed by atoms with Gasteiger partial charge in [0, 0.05) is 53.2 Å². The number of para-hydroxylation sites is 3. The summed E-state index contributed by atoms with van der Waals surface area (Å²) in [5, 5.41) is 4.99. The van der Waals surface area contributed by atoms with E-state index in [-0.39, 0.29) is 0 Å². The standard InChI is InChI=1S/C51H32N4S/c1-3-13-33(14-4-1)34-23-25-36(26-24-34)50-52-49(35-15-5-2-6-16-35)53-51(54-50)38-28-30-43-42-29-27-37(31-47(42)56-48(43)32-38)39-17-7-10-20-44(39)55-45-21-11-8-18-40(45)41-19-9-12-22-46(41)55/h1-32H. The molecule has 0 aliphatic carbocycles. The molecule has 0 N–H and O–H groups in total. The molecule has 4 nitrogen and oxygen atoms in total. The molecule has 0 atom stereocenters. The first-order valence-electron chi connectivity index (χ1n) is 18.8. The molecule has 0 saturated heterocycles. The summed E-state index contributed by atoms with van der Waals surface area (Å²) in [7, 11) is 0. The van der Waals surface area contributed by atoms with Gasteiger partial charge >= 0.3 is 0 Å². The van der Waals surface area contributed by atoms with E-state index in [4.69, 9.17) is 15.0 Å². The Bertz CT molecular complexity index is 3180. The van der Waals surface area contributed by atoms with Crippen molar-refractivity contribution in [3.05, 3.63) is 194 Å². The van der Waals surface area contributed by atoms with E-state index in [9.17, 15) is 0 Å². The maximum absolute atomic E-state index is 5.07. The van der Waals surface area contributed by atoms with E-state index in [2.05, 4.69) is 162 Å². The summed E-state index contributed by atoms with van der Waals surface area (Å²) in [6.07, 6.45) is 0. The van der Waals surface area contributed by atoms with Gasteiger partial charge in [-0.1, -0.05) is 164 Å². The van der Waals surface area contributed by atoms with Crippen molar-refractivity contribution in [3.8, 4) is 62.1 Å². The van der Waals surface area contributed by atoms with Crippen LogP contribution in [-0.2, 0) is 0 Å². The van der Waals surface area contributed by atoms with Crippen LogP contribution in [0.1, 0.15) is 0 Å². The summed E-state index contributed by atoms with van der Waals surface area (Å²) in [6.45, 7) is 0. The Morgan fingerprint density at radius 1 is 0.321 bits per heavy atom. The highest BCUT2D eigenvalue weighted by molar-refractivity contribution is 7.25. The summed E-state index contributed by atoms with van der Waals surface area (Å²) < 4.78 is 4.85. The minimum absolute atomic E-state index is 0.649. The number of aromatic nitrogens is 4. The average molecular weight is 733 g/mol. The van der Waals surface area contributed by atoms with Gasteiger partial charge in [-0.3, -0.25) is 0 Å². The minimum Gasteiger partial charge on any atom is -0.309 e. The number of hydrogen-bond acceptors (Lipinski definition) is 4. The minimum atomic E-state index is 0.649. The second-order valence-corrected chi connectivity index (χ2v) is 15.1. The third kappa shape index (κ3) is 5.48. The van der Waals surface area contributed by atoms with Gasteiger partial charge in [0.2, 0.25) is 0 Å². The molecule has 0 unspecified atom stereocenters. The largest absolute Gasteiger partial charge is 0.309 e. The van der Waals surface area contributed by atoms with Crippen LogP contribution in [0.4, 0.5) is 0 Å². The highest BCUT2D eigenvalue weighted by atomic mass is 32.1. The zero-order valence-corrected chi connectivity index (χ0v) is 31.0. The van der Waals surface area contributed by atoms with E-state index in [1.165, 1.54) is 64.4 Å². The lowest BCUT2D eigenvalue weighted by molar-refractivity contribution is 1.07. The normalized spacial score (nSPS) is 11.6. The molecule has 0 saturated carbocycles. The van der Waals surface area contributed by atoms with E-state index in [1.54, 1.807) is 0 Å². The predicted molar refractivity (Wildman–Crippen MR) is 234 cm³/mol. The third-order valence-corrected chi connectivity index (χ3v) is 11.8. The Morgan fingerprint density at radius 3 is 1.39 bits per heavy atom. The molecule has 0 aliphatic rings. The highest BCUT2D eigenvalue weighted by Crippen LogP contribution is 2.41. The Kier molecular flexibility index (Phi) is 7.64. The summed E-state index contributed by atoms with van der Waals surface area (Å²) in [4.78, 5) is 15.1. The first kappa shape index (κ1) is 32.2. The number of benzene rings is 8. The molecule has 0 fully saturated rings. The van der Waals surface area contributed by atoms with Crippen molar-refractivity contribution in [2.24, 2.45) is 0 Å². The summed E-state index contributed by atoms with van der Waals surface area (Å²) in [6, 6.07) is 68.7. The first-order chi connectivity index (χ1) is 27.7. The SMILES string of the molecule is c1ccc(-c2ccc(-c3nc(-c4ccccc4)nc(-c4ccc5c(c4)sc4cc(-c6ccccc6-n6c7ccccc7c7ccccc76)ccc45)n3)cc2)cc1. The van der Waals surface area contributed by atoms with Crippen LogP contribution in [0.25, 0.3) is 104 Å². The maximum atomic E-state index is 5.07. The van der Waals surface area contributed by atoms with E-state index >= 15 is 0 Å². The van der Waals surface area contributed by atoms with E-state index in [0.717, 1.165) is 22.3 Å². The fourth-order valence-electron chi connectivity index (χ4n) is 7.97. The molecule has 262 valence electrons. The van der Waals surface area contributed by atoms with Crippen LogP contribution in [0.2, 0.25) is 0 Å². The van der Waals surface area contributed by atoms with Crippen LogP contribution in [0.15, 0.2) is 194 Å². The zero-order chi connectivity index (χ0) is 37.0. The van der Waals surface area contributed by atoms with Gasteiger partial charge < -0.3 is 4.57 Å².